The van der Waals surface area contributed by atoms with Gasteiger partial charge >= 0.3 is 12.1 Å². The van der Waals surface area contributed by atoms with E-state index >= 15 is 0 Å². The number of carbonyl (C=O) groups is 2. The Morgan fingerprint density at radius 1 is 1.10 bits per heavy atom. The lowest BCUT2D eigenvalue weighted by Crippen LogP contribution is -2.57. The monoisotopic (exact) mass is 455 g/mol. The van der Waals surface area contributed by atoms with Crippen LogP contribution in [0, 0.1) is 5.92 Å². The van der Waals surface area contributed by atoms with Crippen LogP contribution in [0.5, 0.6) is 0 Å². The molecule has 1 unspecified atom stereocenters. The van der Waals surface area contributed by atoms with Crippen LogP contribution in [0.4, 0.5) is 18.9 Å². The zero-order valence-corrected chi connectivity index (χ0v) is 17.5. The van der Waals surface area contributed by atoms with Crippen LogP contribution in [0.2, 0.25) is 0 Å². The first kappa shape index (κ1) is 21.2. The molecule has 1 aromatic carbocycles. The highest BCUT2D eigenvalue weighted by molar-refractivity contribution is 8.01. The third kappa shape index (κ3) is 4.81. The van der Waals surface area contributed by atoms with Gasteiger partial charge in [-0.2, -0.15) is 13.2 Å². The molecule has 2 aromatic rings. The molecule has 160 valence electrons. The summed E-state index contributed by atoms with van der Waals surface area (Å²) in [5, 5.41) is 5.04. The van der Waals surface area contributed by atoms with E-state index in [1.807, 2.05) is 5.32 Å². The highest BCUT2D eigenvalue weighted by Crippen LogP contribution is 2.38. The molecule has 5 rings (SSSR count). The minimum absolute atomic E-state index is 0.0801. The van der Waals surface area contributed by atoms with Gasteiger partial charge in [-0.25, -0.2) is 0 Å². The SMILES string of the molecule is O=C(NC1CN2CCC1CC2)c1ccc(Sc2ccccc2NC(=O)C(F)(F)F)s1. The number of piperidine rings is 3. The summed E-state index contributed by atoms with van der Waals surface area (Å²) in [6.07, 6.45) is -2.74. The Morgan fingerprint density at radius 2 is 1.83 bits per heavy atom. The maximum absolute atomic E-state index is 12.7. The van der Waals surface area contributed by atoms with E-state index in [2.05, 4.69) is 10.2 Å². The molecule has 3 aliphatic heterocycles. The number of carbonyl (C=O) groups excluding carboxylic acids is 2. The van der Waals surface area contributed by atoms with Crippen molar-refractivity contribution in [3.8, 4) is 0 Å². The van der Waals surface area contributed by atoms with Crippen molar-refractivity contribution in [1.82, 2.24) is 10.2 Å². The number of benzene rings is 1. The fraction of sp³-hybridized carbons (Fsp3) is 0.400. The lowest BCUT2D eigenvalue weighted by atomic mass is 9.84. The van der Waals surface area contributed by atoms with Crippen LogP contribution in [0.15, 0.2) is 45.5 Å². The van der Waals surface area contributed by atoms with Crippen LogP contribution in [0.25, 0.3) is 0 Å². The Kier molecular flexibility index (Phi) is 6.08. The minimum Gasteiger partial charge on any atom is -0.347 e. The van der Waals surface area contributed by atoms with Crippen LogP contribution in [0.1, 0.15) is 22.5 Å². The number of alkyl halides is 3. The third-order valence-corrected chi connectivity index (χ3v) is 7.67. The van der Waals surface area contributed by atoms with Crippen LogP contribution in [0.3, 0.4) is 0 Å². The van der Waals surface area contributed by atoms with E-state index in [4.69, 9.17) is 0 Å². The Morgan fingerprint density at radius 3 is 2.50 bits per heavy atom. The number of nitrogens with one attached hydrogen (secondary N) is 2. The Balaban J connectivity index is 1.41. The average Bonchev–Trinajstić information content (AvgIpc) is 3.18. The minimum atomic E-state index is -4.96. The number of hydrogen-bond donors (Lipinski definition) is 2. The molecule has 0 aliphatic carbocycles. The molecule has 2 N–H and O–H groups in total. The molecular weight excluding hydrogens is 435 g/mol. The summed E-state index contributed by atoms with van der Waals surface area (Å²) in [6.45, 7) is 3.08. The average molecular weight is 456 g/mol. The molecule has 3 aliphatic rings. The fourth-order valence-electron chi connectivity index (χ4n) is 3.83. The van der Waals surface area contributed by atoms with E-state index in [0.717, 1.165) is 36.7 Å². The maximum Gasteiger partial charge on any atom is 0.471 e. The quantitative estimate of drug-likeness (QED) is 0.709. The number of thiophene rings is 1. The number of halogens is 3. The first-order chi connectivity index (χ1) is 14.3. The Hall–Kier alpha value is -2.04. The third-order valence-electron chi connectivity index (χ3n) is 5.38. The van der Waals surface area contributed by atoms with Crippen molar-refractivity contribution in [3.05, 3.63) is 41.3 Å². The number of rotatable bonds is 5. The van der Waals surface area contributed by atoms with Gasteiger partial charge < -0.3 is 15.5 Å². The fourth-order valence-corrected chi connectivity index (χ4v) is 5.90. The van der Waals surface area contributed by atoms with Crippen LogP contribution >= 0.6 is 23.1 Å². The van der Waals surface area contributed by atoms with E-state index in [1.165, 1.54) is 29.2 Å². The molecule has 0 saturated carbocycles. The molecule has 2 amide bonds. The molecular formula is C20H20F3N3O2S2. The number of hydrogen-bond acceptors (Lipinski definition) is 5. The van der Waals surface area contributed by atoms with Crippen LogP contribution < -0.4 is 10.6 Å². The first-order valence-electron chi connectivity index (χ1n) is 9.58. The van der Waals surface area contributed by atoms with Crippen molar-refractivity contribution in [1.29, 1.82) is 0 Å². The predicted molar refractivity (Wildman–Crippen MR) is 110 cm³/mol. The molecule has 0 spiro atoms. The zero-order chi connectivity index (χ0) is 21.3. The molecule has 3 saturated heterocycles. The Labute approximate surface area is 180 Å². The highest BCUT2D eigenvalue weighted by Gasteiger charge is 2.39. The number of para-hydroxylation sites is 1. The summed E-state index contributed by atoms with van der Waals surface area (Å²) >= 11 is 2.49. The number of fused-ring (bicyclic) bond motifs is 3. The number of nitrogens with zero attached hydrogens (tertiary/aromatic N) is 1. The highest BCUT2D eigenvalue weighted by atomic mass is 32.2. The zero-order valence-electron chi connectivity index (χ0n) is 15.9. The second-order valence-corrected chi connectivity index (χ2v) is 9.81. The van der Waals surface area contributed by atoms with E-state index in [1.54, 1.807) is 30.3 Å². The molecule has 5 nitrogen and oxygen atoms in total. The van der Waals surface area contributed by atoms with Crippen LogP contribution in [-0.2, 0) is 4.79 Å². The lowest BCUT2D eigenvalue weighted by Gasteiger charge is -2.44. The number of amides is 2. The van der Waals surface area contributed by atoms with Gasteiger partial charge in [0.25, 0.3) is 5.91 Å². The molecule has 1 aromatic heterocycles. The van der Waals surface area contributed by atoms with E-state index in [0.29, 0.717) is 15.7 Å². The normalized spacial score (nSPS) is 23.2. The molecule has 1 atom stereocenters. The summed E-state index contributed by atoms with van der Waals surface area (Å²) in [4.78, 5) is 27.3. The topological polar surface area (TPSA) is 61.4 Å². The van der Waals surface area contributed by atoms with Gasteiger partial charge in [-0.1, -0.05) is 23.9 Å². The lowest BCUT2D eigenvalue weighted by molar-refractivity contribution is -0.167. The van der Waals surface area contributed by atoms with E-state index in [9.17, 15) is 22.8 Å². The van der Waals surface area contributed by atoms with Gasteiger partial charge in [0.2, 0.25) is 0 Å². The molecule has 10 heteroatoms. The second-order valence-electron chi connectivity index (χ2n) is 7.39. The van der Waals surface area contributed by atoms with Crippen molar-refractivity contribution in [3.63, 3.8) is 0 Å². The molecule has 0 radical (unpaired) electrons. The van der Waals surface area contributed by atoms with Crippen molar-refractivity contribution >= 4 is 40.6 Å². The van der Waals surface area contributed by atoms with Gasteiger partial charge in [0.1, 0.15) is 0 Å². The van der Waals surface area contributed by atoms with Gasteiger partial charge in [-0.3, -0.25) is 9.59 Å². The van der Waals surface area contributed by atoms with Crippen molar-refractivity contribution < 1.29 is 22.8 Å². The van der Waals surface area contributed by atoms with Gasteiger partial charge in [0, 0.05) is 17.5 Å². The largest absolute Gasteiger partial charge is 0.471 e. The summed E-state index contributed by atoms with van der Waals surface area (Å²) < 4.78 is 38.5. The van der Waals surface area contributed by atoms with E-state index in [-0.39, 0.29) is 17.6 Å². The maximum atomic E-state index is 12.7. The smallest absolute Gasteiger partial charge is 0.347 e. The first-order valence-corrected chi connectivity index (χ1v) is 11.2. The molecule has 4 heterocycles. The predicted octanol–water partition coefficient (Wildman–Crippen LogP) is 4.22. The molecule has 30 heavy (non-hydrogen) atoms. The van der Waals surface area contributed by atoms with E-state index < -0.39 is 12.1 Å². The van der Waals surface area contributed by atoms with Gasteiger partial charge in [-0.05, 0) is 56.1 Å². The summed E-state index contributed by atoms with van der Waals surface area (Å²) in [7, 11) is 0. The van der Waals surface area contributed by atoms with Crippen LogP contribution in [-0.4, -0.2) is 48.6 Å². The number of anilines is 1. The van der Waals surface area contributed by atoms with Crippen molar-refractivity contribution in [2.75, 3.05) is 25.0 Å². The molecule has 2 bridgehead atoms. The summed E-state index contributed by atoms with van der Waals surface area (Å²) in [6, 6.07) is 9.93. The van der Waals surface area contributed by atoms with Gasteiger partial charge in [0.15, 0.2) is 0 Å². The van der Waals surface area contributed by atoms with Gasteiger partial charge in [0.05, 0.1) is 14.8 Å². The summed E-state index contributed by atoms with van der Waals surface area (Å²) in [5.74, 6) is -1.61. The molecule has 3 fully saturated rings. The Bertz CT molecular complexity index is 939. The van der Waals surface area contributed by atoms with Crippen molar-refractivity contribution in [2.24, 2.45) is 5.92 Å². The summed E-state index contributed by atoms with van der Waals surface area (Å²) in [5.41, 5.74) is 0.0801. The standard InChI is InChI=1S/C20H20F3N3O2S2/c21-20(22,23)19(28)25-13-3-1-2-4-15(13)29-17-6-5-16(30-17)18(27)24-14-11-26-9-7-12(14)8-10-26/h1-6,12,14H,7-11H2,(H,24,27)(H,25,28). The second kappa shape index (κ2) is 8.60. The van der Waals surface area contributed by atoms with Crippen molar-refractivity contribution in [2.45, 2.75) is 34.2 Å². The van der Waals surface area contributed by atoms with Gasteiger partial charge in [-0.15, -0.1) is 11.3 Å².